The number of hydrogen-bond acceptors (Lipinski definition) is 2. The van der Waals surface area contributed by atoms with Gasteiger partial charge < -0.3 is 15.4 Å². The minimum absolute atomic E-state index is 0.0394. The van der Waals surface area contributed by atoms with Crippen molar-refractivity contribution in [2.75, 3.05) is 0 Å². The molecule has 0 spiro atoms. The van der Waals surface area contributed by atoms with E-state index in [9.17, 15) is 4.79 Å². The number of nitrogens with two attached hydrogens (primary N) is 1. The highest BCUT2D eigenvalue weighted by atomic mass is 79.9. The first-order chi connectivity index (χ1) is 9.49. The van der Waals surface area contributed by atoms with Crippen LogP contribution in [0.3, 0.4) is 0 Å². The average Bonchev–Trinajstić information content (AvgIpc) is 2.65. The first kappa shape index (κ1) is 13.6. The first-order valence-electron chi connectivity index (χ1n) is 6.77. The summed E-state index contributed by atoms with van der Waals surface area (Å²) in [6.45, 7) is 3.15. The second kappa shape index (κ2) is 4.90. The molecule has 0 saturated heterocycles. The monoisotopic (exact) mass is 336 g/mol. The molecule has 1 unspecified atom stereocenters. The number of carbonyl (C=O) groups is 1. The molecule has 1 aliphatic rings. The fourth-order valence-electron chi connectivity index (χ4n) is 3.10. The quantitative estimate of drug-likeness (QED) is 0.904. The van der Waals surface area contributed by atoms with Gasteiger partial charge in [0.15, 0.2) is 0 Å². The molecule has 0 bridgehead atoms. The molecular formula is C15H17BrN2O2. The third kappa shape index (κ3) is 2.05. The Morgan fingerprint density at radius 2 is 2.30 bits per heavy atom. The zero-order valence-corrected chi connectivity index (χ0v) is 12.9. The van der Waals surface area contributed by atoms with Crippen molar-refractivity contribution in [3.05, 3.63) is 33.4 Å². The van der Waals surface area contributed by atoms with E-state index in [1.807, 2.05) is 6.07 Å². The number of rotatable bonds is 3. The number of aliphatic carboxylic acids is 1. The number of halogens is 1. The average molecular weight is 337 g/mol. The van der Waals surface area contributed by atoms with Gasteiger partial charge in [0.2, 0.25) is 0 Å². The van der Waals surface area contributed by atoms with Crippen molar-refractivity contribution < 1.29 is 9.90 Å². The van der Waals surface area contributed by atoms with Gasteiger partial charge in [-0.2, -0.15) is 0 Å². The highest BCUT2D eigenvalue weighted by Crippen LogP contribution is 2.37. The molecule has 0 amide bonds. The van der Waals surface area contributed by atoms with E-state index in [0.29, 0.717) is 0 Å². The van der Waals surface area contributed by atoms with Gasteiger partial charge in [0, 0.05) is 28.1 Å². The fourth-order valence-corrected chi connectivity index (χ4v) is 3.62. The van der Waals surface area contributed by atoms with Crippen molar-refractivity contribution in [3.8, 4) is 0 Å². The molecule has 1 atom stereocenters. The van der Waals surface area contributed by atoms with E-state index in [1.54, 1.807) is 0 Å². The molecule has 0 fully saturated rings. The number of nitrogens with zero attached hydrogens (tertiary/aromatic N) is 1. The van der Waals surface area contributed by atoms with Gasteiger partial charge in [-0.1, -0.05) is 6.07 Å². The maximum atomic E-state index is 10.8. The van der Waals surface area contributed by atoms with Crippen LogP contribution in [0, 0.1) is 6.92 Å². The number of aromatic nitrogens is 1. The lowest BCUT2D eigenvalue weighted by Gasteiger charge is -2.19. The Bertz CT molecular complexity index is 706. The van der Waals surface area contributed by atoms with Crippen LogP contribution >= 0.6 is 15.9 Å². The van der Waals surface area contributed by atoms with Crippen LogP contribution in [0.25, 0.3) is 10.9 Å². The number of carboxylic acid groups (broad SMARTS) is 1. The first-order valence-corrected chi connectivity index (χ1v) is 7.57. The Hall–Kier alpha value is -1.33. The summed E-state index contributed by atoms with van der Waals surface area (Å²) < 4.78 is 3.44. The molecule has 2 aromatic rings. The SMILES string of the molecule is Cc1c(Br)c2cc(C(N)CC(=O)O)cc3c2n1CCC3. The minimum atomic E-state index is -0.862. The molecular weight excluding hydrogens is 320 g/mol. The van der Waals surface area contributed by atoms with E-state index < -0.39 is 12.0 Å². The van der Waals surface area contributed by atoms with Gasteiger partial charge in [-0.15, -0.1) is 0 Å². The molecule has 0 radical (unpaired) electrons. The summed E-state index contributed by atoms with van der Waals surface area (Å²) in [7, 11) is 0. The highest BCUT2D eigenvalue weighted by molar-refractivity contribution is 9.10. The second-order valence-electron chi connectivity index (χ2n) is 5.44. The van der Waals surface area contributed by atoms with Gasteiger partial charge >= 0.3 is 5.97 Å². The molecule has 106 valence electrons. The van der Waals surface area contributed by atoms with Crippen LogP contribution in [0.1, 0.15) is 35.7 Å². The number of benzene rings is 1. The Kier molecular flexibility index (Phi) is 3.34. The number of hydrogen-bond donors (Lipinski definition) is 2. The number of carboxylic acids is 1. The lowest BCUT2D eigenvalue weighted by Crippen LogP contribution is -2.16. The number of aryl methyl sites for hydroxylation is 2. The maximum Gasteiger partial charge on any atom is 0.305 e. The largest absolute Gasteiger partial charge is 0.481 e. The fraction of sp³-hybridized carbons (Fsp3) is 0.400. The lowest BCUT2D eigenvalue weighted by molar-refractivity contribution is -0.137. The van der Waals surface area contributed by atoms with Crippen LogP contribution in [0.5, 0.6) is 0 Å². The summed E-state index contributed by atoms with van der Waals surface area (Å²) in [5.74, 6) is -0.862. The topological polar surface area (TPSA) is 68.2 Å². The second-order valence-corrected chi connectivity index (χ2v) is 6.23. The standard InChI is InChI=1S/C15H17BrN2O2/c1-8-14(16)11-6-10(12(17)7-13(19)20)5-9-3-2-4-18(8)15(9)11/h5-6,12H,2-4,7,17H2,1H3,(H,19,20). The molecule has 2 heterocycles. The van der Waals surface area contributed by atoms with E-state index in [0.717, 1.165) is 34.8 Å². The minimum Gasteiger partial charge on any atom is -0.481 e. The molecule has 3 N–H and O–H groups in total. The smallest absolute Gasteiger partial charge is 0.305 e. The normalized spacial score (nSPS) is 15.6. The van der Waals surface area contributed by atoms with Gasteiger partial charge in [-0.25, -0.2) is 0 Å². The third-order valence-corrected chi connectivity index (χ3v) is 5.09. The molecule has 0 aliphatic carbocycles. The van der Waals surface area contributed by atoms with Crippen LogP contribution in [0.4, 0.5) is 0 Å². The molecule has 0 saturated carbocycles. The lowest BCUT2D eigenvalue weighted by atomic mass is 9.96. The Morgan fingerprint density at radius 1 is 1.55 bits per heavy atom. The van der Waals surface area contributed by atoms with E-state index in [-0.39, 0.29) is 6.42 Å². The van der Waals surface area contributed by atoms with Crippen molar-refractivity contribution in [1.29, 1.82) is 0 Å². The zero-order chi connectivity index (χ0) is 14.4. The summed E-state index contributed by atoms with van der Waals surface area (Å²) in [6, 6.07) is 3.66. The Morgan fingerprint density at radius 3 is 3.00 bits per heavy atom. The summed E-state index contributed by atoms with van der Waals surface area (Å²) in [6.07, 6.45) is 2.10. The van der Waals surface area contributed by atoms with Crippen LogP contribution in [-0.4, -0.2) is 15.6 Å². The van der Waals surface area contributed by atoms with E-state index in [2.05, 4.69) is 33.5 Å². The third-order valence-electron chi connectivity index (χ3n) is 4.09. The Labute approximate surface area is 125 Å². The zero-order valence-electron chi connectivity index (χ0n) is 11.3. The predicted octanol–water partition coefficient (Wildman–Crippen LogP) is 3.13. The molecule has 5 heteroatoms. The van der Waals surface area contributed by atoms with Gasteiger partial charge in [0.1, 0.15) is 0 Å². The summed E-state index contributed by atoms with van der Waals surface area (Å²) in [4.78, 5) is 10.8. The van der Waals surface area contributed by atoms with Crippen molar-refractivity contribution in [1.82, 2.24) is 4.57 Å². The highest BCUT2D eigenvalue weighted by Gasteiger charge is 2.21. The molecule has 3 rings (SSSR count). The Balaban J connectivity index is 2.19. The van der Waals surface area contributed by atoms with E-state index in [4.69, 9.17) is 10.8 Å². The van der Waals surface area contributed by atoms with Crippen molar-refractivity contribution in [3.63, 3.8) is 0 Å². The van der Waals surface area contributed by atoms with Crippen LogP contribution < -0.4 is 5.73 Å². The van der Waals surface area contributed by atoms with Gasteiger partial charge in [0.25, 0.3) is 0 Å². The van der Waals surface area contributed by atoms with E-state index >= 15 is 0 Å². The van der Waals surface area contributed by atoms with Gasteiger partial charge in [0.05, 0.1) is 11.9 Å². The molecule has 1 aromatic carbocycles. The van der Waals surface area contributed by atoms with Crippen LogP contribution in [0.15, 0.2) is 16.6 Å². The predicted molar refractivity (Wildman–Crippen MR) is 81.9 cm³/mol. The molecule has 1 aromatic heterocycles. The van der Waals surface area contributed by atoms with Crippen molar-refractivity contribution in [2.24, 2.45) is 5.73 Å². The summed E-state index contributed by atoms with van der Waals surface area (Å²) in [5.41, 5.74) is 10.7. The van der Waals surface area contributed by atoms with Gasteiger partial charge in [-0.05, 0) is 52.9 Å². The van der Waals surface area contributed by atoms with Crippen LogP contribution in [0.2, 0.25) is 0 Å². The summed E-state index contributed by atoms with van der Waals surface area (Å²) in [5, 5.41) is 10.1. The van der Waals surface area contributed by atoms with Crippen molar-refractivity contribution >= 4 is 32.8 Å². The molecule has 20 heavy (non-hydrogen) atoms. The molecule has 1 aliphatic heterocycles. The summed E-state index contributed by atoms with van der Waals surface area (Å²) >= 11 is 3.66. The molecule has 4 nitrogen and oxygen atoms in total. The van der Waals surface area contributed by atoms with Crippen molar-refractivity contribution in [2.45, 2.75) is 38.8 Å². The van der Waals surface area contributed by atoms with Crippen LogP contribution in [-0.2, 0) is 17.8 Å². The maximum absolute atomic E-state index is 10.8. The van der Waals surface area contributed by atoms with Gasteiger partial charge in [-0.3, -0.25) is 4.79 Å². The van der Waals surface area contributed by atoms with E-state index in [1.165, 1.54) is 16.8 Å².